The van der Waals surface area contributed by atoms with Gasteiger partial charge in [-0.25, -0.2) is 4.79 Å². The first-order valence-electron chi connectivity index (χ1n) is 4.76. The van der Waals surface area contributed by atoms with Crippen molar-refractivity contribution in [2.45, 2.75) is 6.92 Å². The Hall–Kier alpha value is -1.97. The van der Waals surface area contributed by atoms with Crippen LogP contribution in [0.4, 0.5) is 0 Å². The van der Waals surface area contributed by atoms with Crippen molar-refractivity contribution in [1.29, 1.82) is 0 Å². The molecule has 1 aromatic rings. The van der Waals surface area contributed by atoms with E-state index < -0.39 is 5.97 Å². The second kappa shape index (κ2) is 5.21. The summed E-state index contributed by atoms with van der Waals surface area (Å²) in [7, 11) is 1.30. The second-order valence-electron chi connectivity index (χ2n) is 3.18. The van der Waals surface area contributed by atoms with Crippen molar-refractivity contribution in [3.8, 4) is 11.5 Å². The molecule has 0 saturated heterocycles. The lowest BCUT2D eigenvalue weighted by molar-refractivity contribution is 0.0599. The molecule has 0 fully saturated rings. The molecule has 0 amide bonds. The monoisotopic (exact) mass is 222 g/mol. The van der Waals surface area contributed by atoms with Crippen LogP contribution in [0.25, 0.3) is 0 Å². The minimum absolute atomic E-state index is 0.00740. The molecule has 1 rings (SSSR count). The molecule has 0 bridgehead atoms. The Labute approximate surface area is 94.1 Å². The molecule has 0 radical (unpaired) electrons. The zero-order chi connectivity index (χ0) is 12.1. The summed E-state index contributed by atoms with van der Waals surface area (Å²) in [5, 5.41) is 9.59. The number of carbonyl (C=O) groups excluding carboxylic acids is 1. The summed E-state index contributed by atoms with van der Waals surface area (Å²) in [5.41, 5.74) is 0.924. The smallest absolute Gasteiger partial charge is 0.338 e. The molecule has 0 heterocycles. The second-order valence-corrected chi connectivity index (χ2v) is 3.18. The summed E-state index contributed by atoms with van der Waals surface area (Å²) in [4.78, 5) is 11.4. The average Bonchev–Trinajstić information content (AvgIpc) is 2.28. The maximum absolute atomic E-state index is 11.4. The van der Waals surface area contributed by atoms with Gasteiger partial charge in [0.15, 0.2) is 11.5 Å². The Morgan fingerprint density at radius 1 is 1.56 bits per heavy atom. The minimum Gasteiger partial charge on any atom is -0.504 e. The van der Waals surface area contributed by atoms with E-state index in [2.05, 4.69) is 11.3 Å². The van der Waals surface area contributed by atoms with Crippen molar-refractivity contribution in [2.75, 3.05) is 13.7 Å². The maximum atomic E-state index is 11.4. The van der Waals surface area contributed by atoms with Crippen LogP contribution in [0.2, 0.25) is 0 Å². The van der Waals surface area contributed by atoms with Crippen LogP contribution in [-0.2, 0) is 4.74 Å². The Bertz CT molecular complexity index is 410. The van der Waals surface area contributed by atoms with Crippen molar-refractivity contribution in [2.24, 2.45) is 0 Å². The third-order valence-corrected chi connectivity index (χ3v) is 2.14. The van der Waals surface area contributed by atoms with Crippen LogP contribution in [0.15, 0.2) is 24.8 Å². The minimum atomic E-state index is -0.457. The van der Waals surface area contributed by atoms with Crippen molar-refractivity contribution in [1.82, 2.24) is 0 Å². The highest BCUT2D eigenvalue weighted by atomic mass is 16.5. The number of ether oxygens (including phenoxy) is 2. The van der Waals surface area contributed by atoms with Crippen LogP contribution in [0.1, 0.15) is 15.9 Å². The maximum Gasteiger partial charge on any atom is 0.338 e. The van der Waals surface area contributed by atoms with Crippen LogP contribution in [-0.4, -0.2) is 24.8 Å². The van der Waals surface area contributed by atoms with E-state index >= 15 is 0 Å². The zero-order valence-electron chi connectivity index (χ0n) is 9.32. The predicted molar refractivity (Wildman–Crippen MR) is 59.9 cm³/mol. The standard InChI is InChI=1S/C12H14O4/c1-4-7-16-11-8(2)9(12(14)15-3)5-6-10(11)13/h4-6,13H,1,7H2,2-3H3. The molecule has 16 heavy (non-hydrogen) atoms. The first-order valence-corrected chi connectivity index (χ1v) is 4.76. The number of methoxy groups -OCH3 is 1. The van der Waals surface area contributed by atoms with Crippen LogP contribution in [0.5, 0.6) is 11.5 Å². The van der Waals surface area contributed by atoms with E-state index in [1.807, 2.05) is 0 Å². The average molecular weight is 222 g/mol. The van der Waals surface area contributed by atoms with E-state index in [4.69, 9.17) is 4.74 Å². The van der Waals surface area contributed by atoms with Crippen molar-refractivity contribution >= 4 is 5.97 Å². The Morgan fingerprint density at radius 3 is 2.81 bits per heavy atom. The van der Waals surface area contributed by atoms with Crippen LogP contribution in [0.3, 0.4) is 0 Å². The number of hydrogen-bond donors (Lipinski definition) is 1. The lowest BCUT2D eigenvalue weighted by Gasteiger charge is -2.12. The summed E-state index contributed by atoms with van der Waals surface area (Å²) in [5.74, 6) is -0.184. The van der Waals surface area contributed by atoms with Gasteiger partial charge in [-0.2, -0.15) is 0 Å². The molecule has 4 nitrogen and oxygen atoms in total. The molecule has 1 aromatic carbocycles. The molecule has 0 aromatic heterocycles. The number of phenolic OH excluding ortho intramolecular Hbond substituents is 1. The van der Waals surface area contributed by atoms with E-state index in [0.717, 1.165) is 0 Å². The molecule has 0 aliphatic carbocycles. The Morgan fingerprint density at radius 2 is 2.25 bits per heavy atom. The van der Waals surface area contributed by atoms with Crippen LogP contribution < -0.4 is 4.74 Å². The highest BCUT2D eigenvalue weighted by Crippen LogP contribution is 2.32. The number of phenols is 1. The van der Waals surface area contributed by atoms with Gasteiger partial charge in [-0.1, -0.05) is 12.7 Å². The van der Waals surface area contributed by atoms with E-state index in [0.29, 0.717) is 11.1 Å². The molecule has 0 aliphatic heterocycles. The quantitative estimate of drug-likeness (QED) is 0.625. The fourth-order valence-corrected chi connectivity index (χ4v) is 1.33. The van der Waals surface area contributed by atoms with E-state index in [-0.39, 0.29) is 18.1 Å². The lowest BCUT2D eigenvalue weighted by atomic mass is 10.1. The Kier molecular flexibility index (Phi) is 3.94. The van der Waals surface area contributed by atoms with E-state index in [1.165, 1.54) is 19.2 Å². The number of carbonyl (C=O) groups is 1. The van der Waals surface area contributed by atoms with E-state index in [9.17, 15) is 9.90 Å². The number of esters is 1. The molecule has 4 heteroatoms. The number of benzene rings is 1. The largest absolute Gasteiger partial charge is 0.504 e. The molecule has 86 valence electrons. The molecule has 0 aliphatic rings. The molecule has 1 N–H and O–H groups in total. The molecule has 0 unspecified atom stereocenters. The normalized spacial score (nSPS) is 9.62. The van der Waals surface area contributed by atoms with Gasteiger partial charge in [-0.15, -0.1) is 0 Å². The van der Waals surface area contributed by atoms with Crippen LogP contribution in [0, 0.1) is 6.92 Å². The molecular weight excluding hydrogens is 208 g/mol. The SMILES string of the molecule is C=CCOc1c(O)ccc(C(=O)OC)c1C. The summed E-state index contributed by atoms with van der Waals surface area (Å²) < 4.78 is 9.90. The first kappa shape index (κ1) is 12.1. The van der Waals surface area contributed by atoms with Gasteiger partial charge in [0.2, 0.25) is 0 Å². The van der Waals surface area contributed by atoms with E-state index in [1.54, 1.807) is 13.0 Å². The van der Waals surface area contributed by atoms with Gasteiger partial charge in [-0.05, 0) is 19.1 Å². The number of hydrogen-bond acceptors (Lipinski definition) is 4. The molecule has 0 saturated carbocycles. The predicted octanol–water partition coefficient (Wildman–Crippen LogP) is 2.05. The van der Waals surface area contributed by atoms with Crippen molar-refractivity contribution in [3.63, 3.8) is 0 Å². The molecule has 0 spiro atoms. The molecule has 0 atom stereocenters. The van der Waals surface area contributed by atoms with Crippen LogP contribution >= 0.6 is 0 Å². The van der Waals surface area contributed by atoms with Gasteiger partial charge in [0.05, 0.1) is 12.7 Å². The third kappa shape index (κ3) is 2.34. The van der Waals surface area contributed by atoms with Gasteiger partial charge in [0.1, 0.15) is 6.61 Å². The van der Waals surface area contributed by atoms with Gasteiger partial charge >= 0.3 is 5.97 Å². The summed E-state index contributed by atoms with van der Waals surface area (Å²) in [6.45, 7) is 5.46. The third-order valence-electron chi connectivity index (χ3n) is 2.14. The van der Waals surface area contributed by atoms with Gasteiger partial charge < -0.3 is 14.6 Å². The summed E-state index contributed by atoms with van der Waals surface area (Å²) in [6.07, 6.45) is 1.56. The first-order chi connectivity index (χ1) is 7.61. The molecular formula is C12H14O4. The zero-order valence-corrected chi connectivity index (χ0v) is 9.32. The lowest BCUT2D eigenvalue weighted by Crippen LogP contribution is -2.06. The van der Waals surface area contributed by atoms with Gasteiger partial charge in [0, 0.05) is 5.56 Å². The highest BCUT2D eigenvalue weighted by Gasteiger charge is 2.15. The summed E-state index contributed by atoms with van der Waals surface area (Å²) in [6, 6.07) is 2.90. The summed E-state index contributed by atoms with van der Waals surface area (Å²) >= 11 is 0. The number of rotatable bonds is 4. The Balaban J connectivity index is 3.15. The number of aromatic hydroxyl groups is 1. The van der Waals surface area contributed by atoms with Gasteiger partial charge in [0.25, 0.3) is 0 Å². The van der Waals surface area contributed by atoms with Gasteiger partial charge in [-0.3, -0.25) is 0 Å². The van der Waals surface area contributed by atoms with Crippen molar-refractivity contribution < 1.29 is 19.4 Å². The fraction of sp³-hybridized carbons (Fsp3) is 0.250. The van der Waals surface area contributed by atoms with Crippen molar-refractivity contribution in [3.05, 3.63) is 35.9 Å². The topological polar surface area (TPSA) is 55.8 Å². The fourth-order valence-electron chi connectivity index (χ4n) is 1.33. The highest BCUT2D eigenvalue weighted by molar-refractivity contribution is 5.92.